The lowest BCUT2D eigenvalue weighted by molar-refractivity contribution is -0.384. The van der Waals surface area contributed by atoms with Crippen LogP contribution in [0.15, 0.2) is 108 Å². The molecule has 1 unspecified atom stereocenters. The van der Waals surface area contributed by atoms with Crippen LogP contribution in [0.4, 0.5) is 5.69 Å². The Labute approximate surface area is 218 Å². The molecule has 2 aliphatic rings. The lowest BCUT2D eigenvalue weighted by Gasteiger charge is -2.49. The van der Waals surface area contributed by atoms with E-state index in [2.05, 4.69) is 91.7 Å². The molecule has 3 N–H and O–H groups in total. The van der Waals surface area contributed by atoms with Crippen LogP contribution in [0.1, 0.15) is 49.4 Å². The first-order valence-corrected chi connectivity index (χ1v) is 12.9. The number of nitrogens with zero attached hydrogens (tertiary/aromatic N) is 2. The number of dihydropyridines is 1. The summed E-state index contributed by atoms with van der Waals surface area (Å²) in [6.07, 6.45) is 0. The molecule has 0 aliphatic carbocycles. The summed E-state index contributed by atoms with van der Waals surface area (Å²) in [6.45, 7) is 8.14. The summed E-state index contributed by atoms with van der Waals surface area (Å²) in [6, 6.07) is 28.4. The fraction of sp³-hybridized carbons (Fsp3) is 0.290. The summed E-state index contributed by atoms with van der Waals surface area (Å²) in [5.74, 6) is 1.10. The van der Waals surface area contributed by atoms with Gasteiger partial charge in [0.25, 0.3) is 5.69 Å². The first-order valence-electron chi connectivity index (χ1n) is 12.9. The number of hydrogen-bond donors (Lipinski definition) is 2. The van der Waals surface area contributed by atoms with Crippen LogP contribution >= 0.6 is 0 Å². The Balaban J connectivity index is 1.50. The number of likely N-dealkylation sites (tertiary alicyclic amines) is 1. The van der Waals surface area contributed by atoms with Crippen LogP contribution in [0.2, 0.25) is 0 Å². The molecule has 37 heavy (non-hydrogen) atoms. The Hall–Kier alpha value is -3.90. The first-order chi connectivity index (χ1) is 17.8. The Morgan fingerprint density at radius 1 is 0.946 bits per heavy atom. The van der Waals surface area contributed by atoms with Crippen LogP contribution in [-0.4, -0.2) is 22.9 Å². The third kappa shape index (κ3) is 4.77. The number of benzene rings is 3. The Morgan fingerprint density at radius 2 is 1.54 bits per heavy atom. The topological polar surface area (TPSA) is 84.4 Å². The van der Waals surface area contributed by atoms with Crippen molar-refractivity contribution in [1.29, 1.82) is 0 Å². The van der Waals surface area contributed by atoms with Gasteiger partial charge in [0, 0.05) is 42.8 Å². The second-order valence-electron chi connectivity index (χ2n) is 10.4. The number of non-ortho nitro benzene ring substituents is 1. The number of hydrogen-bond acceptors (Lipinski definition) is 5. The van der Waals surface area contributed by atoms with Crippen molar-refractivity contribution in [2.45, 2.75) is 32.7 Å². The zero-order valence-corrected chi connectivity index (χ0v) is 21.6. The van der Waals surface area contributed by atoms with Crippen molar-refractivity contribution in [3.63, 3.8) is 0 Å². The minimum atomic E-state index is -0.321. The predicted octanol–water partition coefficient (Wildman–Crippen LogP) is 6.10. The van der Waals surface area contributed by atoms with E-state index in [4.69, 9.17) is 5.73 Å². The quantitative estimate of drug-likeness (QED) is 0.306. The summed E-state index contributed by atoms with van der Waals surface area (Å²) < 4.78 is 0. The summed E-state index contributed by atoms with van der Waals surface area (Å²) in [7, 11) is 0. The molecular formula is C31H34N4O2. The number of allylic oxidation sites excluding steroid dienone is 2. The molecule has 1 saturated heterocycles. The van der Waals surface area contributed by atoms with Crippen LogP contribution in [-0.2, 0) is 0 Å². The van der Waals surface area contributed by atoms with Crippen LogP contribution < -0.4 is 11.1 Å². The lowest BCUT2D eigenvalue weighted by atomic mass is 9.70. The molecule has 2 aliphatic heterocycles. The van der Waals surface area contributed by atoms with E-state index >= 15 is 0 Å². The molecule has 0 radical (unpaired) electrons. The normalized spacial score (nSPS) is 18.8. The zero-order valence-electron chi connectivity index (χ0n) is 21.6. The molecule has 2 heterocycles. The van der Waals surface area contributed by atoms with Gasteiger partial charge in [-0.15, -0.1) is 0 Å². The third-order valence-electron chi connectivity index (χ3n) is 7.67. The monoisotopic (exact) mass is 494 g/mol. The molecule has 0 spiro atoms. The second kappa shape index (κ2) is 10.2. The average Bonchev–Trinajstić information content (AvgIpc) is 2.87. The maximum absolute atomic E-state index is 11.6. The zero-order chi connectivity index (χ0) is 26.1. The van der Waals surface area contributed by atoms with Gasteiger partial charge in [-0.3, -0.25) is 15.0 Å². The second-order valence-corrected chi connectivity index (χ2v) is 10.4. The lowest BCUT2D eigenvalue weighted by Crippen LogP contribution is -2.52. The van der Waals surface area contributed by atoms with E-state index in [-0.39, 0.29) is 34.4 Å². The summed E-state index contributed by atoms with van der Waals surface area (Å²) in [5.41, 5.74) is 13.7. The van der Waals surface area contributed by atoms with Gasteiger partial charge in [0.2, 0.25) is 0 Å². The number of rotatable bonds is 7. The largest absolute Gasteiger partial charge is 0.385 e. The molecule has 190 valence electrons. The maximum Gasteiger partial charge on any atom is 0.269 e. The molecular weight excluding hydrogens is 460 g/mol. The molecule has 1 fully saturated rings. The predicted molar refractivity (Wildman–Crippen MR) is 148 cm³/mol. The van der Waals surface area contributed by atoms with E-state index < -0.39 is 0 Å². The standard InChI is InChI=1S/C31H34N4O2/c1-20(2)27-21(3)33-31(32)29(28(27)24-15-10-16-26(17-24)35(36)37)25-18-34(19-25)30(22-11-6-4-7-12-22)23-13-8-5-9-14-23/h4-17,20,25,28,30,33H,18-19,32H2,1-3H3. The first kappa shape index (κ1) is 24.8. The maximum atomic E-state index is 11.6. The Morgan fingerprint density at radius 3 is 2.08 bits per heavy atom. The van der Waals surface area contributed by atoms with Gasteiger partial charge >= 0.3 is 0 Å². The molecule has 0 amide bonds. The van der Waals surface area contributed by atoms with E-state index in [1.165, 1.54) is 16.7 Å². The van der Waals surface area contributed by atoms with Crippen molar-refractivity contribution in [1.82, 2.24) is 10.2 Å². The molecule has 6 nitrogen and oxygen atoms in total. The van der Waals surface area contributed by atoms with Gasteiger partial charge < -0.3 is 11.1 Å². The number of nitro benzene ring substituents is 1. The molecule has 0 aromatic heterocycles. The van der Waals surface area contributed by atoms with Crippen molar-refractivity contribution in [3.05, 3.63) is 134 Å². The summed E-state index contributed by atoms with van der Waals surface area (Å²) >= 11 is 0. The van der Waals surface area contributed by atoms with Crippen LogP contribution in [0.3, 0.4) is 0 Å². The summed E-state index contributed by atoms with van der Waals surface area (Å²) in [4.78, 5) is 13.8. The van der Waals surface area contributed by atoms with Gasteiger partial charge in [0.05, 0.1) is 11.0 Å². The molecule has 3 aromatic rings. The van der Waals surface area contributed by atoms with Crippen LogP contribution in [0, 0.1) is 22.0 Å². The van der Waals surface area contributed by atoms with Gasteiger partial charge in [-0.2, -0.15) is 0 Å². The highest BCUT2D eigenvalue weighted by molar-refractivity contribution is 5.50. The minimum absolute atomic E-state index is 0.0831. The highest BCUT2D eigenvalue weighted by Crippen LogP contribution is 2.47. The number of nitrogens with two attached hydrogens (primary N) is 1. The summed E-state index contributed by atoms with van der Waals surface area (Å²) in [5, 5.41) is 15.0. The fourth-order valence-corrected chi connectivity index (χ4v) is 6.09. The van der Waals surface area contributed by atoms with Crippen LogP contribution in [0.5, 0.6) is 0 Å². The molecule has 5 rings (SSSR count). The van der Waals surface area contributed by atoms with Crippen molar-refractivity contribution >= 4 is 5.69 Å². The number of nitrogens with one attached hydrogen (secondary N) is 1. The average molecular weight is 495 g/mol. The van der Waals surface area contributed by atoms with E-state index in [1.54, 1.807) is 18.2 Å². The van der Waals surface area contributed by atoms with E-state index in [0.29, 0.717) is 5.82 Å². The third-order valence-corrected chi connectivity index (χ3v) is 7.67. The van der Waals surface area contributed by atoms with Crippen molar-refractivity contribution in [2.24, 2.45) is 17.6 Å². The van der Waals surface area contributed by atoms with Crippen molar-refractivity contribution in [3.8, 4) is 0 Å². The molecule has 3 aromatic carbocycles. The van der Waals surface area contributed by atoms with Gasteiger partial charge in [-0.1, -0.05) is 86.6 Å². The minimum Gasteiger partial charge on any atom is -0.385 e. The molecule has 6 heteroatoms. The molecule has 1 atom stereocenters. The molecule has 0 saturated carbocycles. The van der Waals surface area contributed by atoms with Gasteiger partial charge in [-0.05, 0) is 40.7 Å². The molecule has 0 bridgehead atoms. The van der Waals surface area contributed by atoms with Gasteiger partial charge in [0.1, 0.15) is 5.82 Å². The van der Waals surface area contributed by atoms with E-state index in [1.807, 2.05) is 6.07 Å². The van der Waals surface area contributed by atoms with Crippen molar-refractivity contribution < 1.29 is 4.92 Å². The van der Waals surface area contributed by atoms with Crippen LogP contribution in [0.25, 0.3) is 0 Å². The Kier molecular flexibility index (Phi) is 6.85. The van der Waals surface area contributed by atoms with Gasteiger partial charge in [0.15, 0.2) is 0 Å². The SMILES string of the molecule is CC1=C(C(C)C)C(c2cccc([N+](=O)[O-])c2)C(C2CN(C(c3ccccc3)c3ccccc3)C2)=C(N)N1. The highest BCUT2D eigenvalue weighted by atomic mass is 16.6. The smallest absolute Gasteiger partial charge is 0.269 e. The number of nitro groups is 1. The van der Waals surface area contributed by atoms with Crippen molar-refractivity contribution in [2.75, 3.05) is 13.1 Å². The fourth-order valence-electron chi connectivity index (χ4n) is 6.09. The van der Waals surface area contributed by atoms with E-state index in [0.717, 1.165) is 29.9 Å². The van der Waals surface area contributed by atoms with E-state index in [9.17, 15) is 10.1 Å². The van der Waals surface area contributed by atoms with Gasteiger partial charge in [-0.25, -0.2) is 0 Å². The Bertz CT molecular complexity index is 1300. The highest BCUT2D eigenvalue weighted by Gasteiger charge is 2.42.